The largest absolute Gasteiger partial charge is 0.467 e. The quantitative estimate of drug-likeness (QED) is 0.534. The van der Waals surface area contributed by atoms with Crippen molar-refractivity contribution >= 4 is 5.96 Å². The molecule has 3 rings (SSSR count). The highest BCUT2D eigenvalue weighted by atomic mass is 16.4. The molecule has 8 heteroatoms. The second-order valence-electron chi connectivity index (χ2n) is 6.11. The van der Waals surface area contributed by atoms with E-state index in [1.54, 1.807) is 18.4 Å². The second-order valence-corrected chi connectivity index (χ2v) is 6.11. The van der Waals surface area contributed by atoms with Gasteiger partial charge in [0.1, 0.15) is 17.7 Å². The standard InChI is InChI=1S/C17H26N6O2/c1-3-15-21-16-8-7-12(11-23(16)22-15)20-17(18-4-2)19-10-13(24)14-6-5-9-25-14/h5-6,9,12-13,24H,3-4,7-8,10-11H2,1-2H3,(H2,18,19,20). The third-order valence-electron chi connectivity index (χ3n) is 4.20. The normalized spacial score (nSPS) is 18.7. The molecule has 1 aliphatic rings. The molecule has 3 heterocycles. The van der Waals surface area contributed by atoms with Gasteiger partial charge in [-0.15, -0.1) is 0 Å². The zero-order chi connectivity index (χ0) is 17.6. The fourth-order valence-electron chi connectivity index (χ4n) is 2.89. The van der Waals surface area contributed by atoms with Crippen LogP contribution in [0.5, 0.6) is 0 Å². The molecule has 1 aliphatic heterocycles. The maximum atomic E-state index is 10.1. The number of aliphatic hydroxyl groups excluding tert-OH is 1. The predicted molar refractivity (Wildman–Crippen MR) is 94.3 cm³/mol. The molecular weight excluding hydrogens is 320 g/mol. The van der Waals surface area contributed by atoms with Gasteiger partial charge in [-0.05, 0) is 25.5 Å². The van der Waals surface area contributed by atoms with E-state index in [1.165, 1.54) is 0 Å². The minimum Gasteiger partial charge on any atom is -0.467 e. The fourth-order valence-corrected chi connectivity index (χ4v) is 2.89. The zero-order valence-corrected chi connectivity index (χ0v) is 14.8. The van der Waals surface area contributed by atoms with Crippen molar-refractivity contribution < 1.29 is 9.52 Å². The third-order valence-corrected chi connectivity index (χ3v) is 4.20. The van der Waals surface area contributed by atoms with E-state index in [1.807, 2.05) is 11.6 Å². The summed E-state index contributed by atoms with van der Waals surface area (Å²) in [5, 5.41) is 21.3. The molecule has 3 N–H and O–H groups in total. The lowest BCUT2D eigenvalue weighted by molar-refractivity contribution is 0.158. The molecule has 2 aromatic heterocycles. The van der Waals surface area contributed by atoms with Crippen LogP contribution in [0, 0.1) is 0 Å². The molecule has 136 valence electrons. The second kappa shape index (κ2) is 8.15. The average Bonchev–Trinajstić information content (AvgIpc) is 3.28. The van der Waals surface area contributed by atoms with Crippen LogP contribution in [0.3, 0.4) is 0 Å². The smallest absolute Gasteiger partial charge is 0.191 e. The summed E-state index contributed by atoms with van der Waals surface area (Å²) in [4.78, 5) is 9.02. The van der Waals surface area contributed by atoms with E-state index in [0.29, 0.717) is 11.7 Å². The molecule has 2 aromatic rings. The number of furan rings is 1. The van der Waals surface area contributed by atoms with Crippen LogP contribution in [0.4, 0.5) is 0 Å². The van der Waals surface area contributed by atoms with Crippen LogP contribution in [0.15, 0.2) is 27.8 Å². The molecule has 2 unspecified atom stereocenters. The van der Waals surface area contributed by atoms with Crippen LogP contribution in [0.1, 0.15) is 43.8 Å². The number of hydrogen-bond donors (Lipinski definition) is 3. The van der Waals surface area contributed by atoms with E-state index in [9.17, 15) is 5.11 Å². The summed E-state index contributed by atoms with van der Waals surface area (Å²) in [6.07, 6.45) is 3.54. The number of fused-ring (bicyclic) bond motifs is 1. The Morgan fingerprint density at radius 1 is 1.52 bits per heavy atom. The minimum atomic E-state index is -0.745. The number of rotatable bonds is 6. The summed E-state index contributed by atoms with van der Waals surface area (Å²) in [5.74, 6) is 3.18. The number of nitrogens with zero attached hydrogens (tertiary/aromatic N) is 4. The molecule has 0 saturated heterocycles. The number of aryl methyl sites for hydroxylation is 2. The van der Waals surface area contributed by atoms with Crippen molar-refractivity contribution in [1.82, 2.24) is 25.4 Å². The van der Waals surface area contributed by atoms with Crippen LogP contribution in [-0.2, 0) is 19.4 Å². The highest BCUT2D eigenvalue weighted by Gasteiger charge is 2.22. The van der Waals surface area contributed by atoms with E-state index in [4.69, 9.17) is 4.42 Å². The molecule has 25 heavy (non-hydrogen) atoms. The number of nitrogens with one attached hydrogen (secondary N) is 2. The van der Waals surface area contributed by atoms with Crippen LogP contribution in [0.25, 0.3) is 0 Å². The summed E-state index contributed by atoms with van der Waals surface area (Å²) < 4.78 is 7.20. The lowest BCUT2D eigenvalue weighted by Crippen LogP contribution is -2.47. The van der Waals surface area contributed by atoms with Gasteiger partial charge in [0, 0.05) is 25.4 Å². The summed E-state index contributed by atoms with van der Waals surface area (Å²) >= 11 is 0. The number of hydrogen-bond acceptors (Lipinski definition) is 5. The Kier molecular flexibility index (Phi) is 5.70. The molecule has 0 radical (unpaired) electrons. The van der Waals surface area contributed by atoms with Gasteiger partial charge in [-0.25, -0.2) is 9.67 Å². The van der Waals surface area contributed by atoms with Crippen molar-refractivity contribution in [1.29, 1.82) is 0 Å². The first kappa shape index (κ1) is 17.5. The maximum Gasteiger partial charge on any atom is 0.191 e. The van der Waals surface area contributed by atoms with Gasteiger partial charge in [-0.2, -0.15) is 5.10 Å². The summed E-state index contributed by atoms with van der Waals surface area (Å²) in [5.41, 5.74) is 0. The van der Waals surface area contributed by atoms with E-state index >= 15 is 0 Å². The van der Waals surface area contributed by atoms with Gasteiger partial charge >= 0.3 is 0 Å². The summed E-state index contributed by atoms with van der Waals surface area (Å²) in [7, 11) is 0. The van der Waals surface area contributed by atoms with Gasteiger partial charge in [-0.3, -0.25) is 4.99 Å². The molecule has 0 amide bonds. The van der Waals surface area contributed by atoms with Gasteiger partial charge in [0.2, 0.25) is 0 Å². The molecule has 0 spiro atoms. The number of aliphatic imine (C=N–C) groups is 1. The van der Waals surface area contributed by atoms with Crippen molar-refractivity contribution in [3.05, 3.63) is 35.8 Å². The molecule has 2 atom stereocenters. The minimum absolute atomic E-state index is 0.234. The van der Waals surface area contributed by atoms with Crippen molar-refractivity contribution in [3.63, 3.8) is 0 Å². The topological polar surface area (TPSA) is 100 Å². The number of guanidine groups is 1. The Bertz CT molecular complexity index is 694. The summed E-state index contributed by atoms with van der Waals surface area (Å²) in [6, 6.07) is 3.74. The first-order valence-corrected chi connectivity index (χ1v) is 8.88. The van der Waals surface area contributed by atoms with Crippen molar-refractivity contribution in [2.75, 3.05) is 13.1 Å². The predicted octanol–water partition coefficient (Wildman–Crippen LogP) is 1.04. The first-order valence-electron chi connectivity index (χ1n) is 8.88. The first-order chi connectivity index (χ1) is 12.2. The lowest BCUT2D eigenvalue weighted by Gasteiger charge is -2.25. The van der Waals surface area contributed by atoms with Gasteiger partial charge in [0.25, 0.3) is 0 Å². The maximum absolute atomic E-state index is 10.1. The Morgan fingerprint density at radius 2 is 2.40 bits per heavy atom. The van der Waals surface area contributed by atoms with Crippen LogP contribution in [0.2, 0.25) is 0 Å². The van der Waals surface area contributed by atoms with E-state index in [0.717, 1.165) is 44.0 Å². The van der Waals surface area contributed by atoms with Crippen molar-refractivity contribution in [2.24, 2.45) is 4.99 Å². The molecule has 8 nitrogen and oxygen atoms in total. The van der Waals surface area contributed by atoms with Crippen molar-refractivity contribution in [3.8, 4) is 0 Å². The van der Waals surface area contributed by atoms with E-state index < -0.39 is 6.10 Å². The van der Waals surface area contributed by atoms with Gasteiger partial charge in [0.15, 0.2) is 11.8 Å². The van der Waals surface area contributed by atoms with E-state index in [-0.39, 0.29) is 12.6 Å². The summed E-state index contributed by atoms with van der Waals surface area (Å²) in [6.45, 7) is 5.85. The molecule has 0 aromatic carbocycles. The van der Waals surface area contributed by atoms with Gasteiger partial charge in [-0.1, -0.05) is 6.92 Å². The number of aromatic nitrogens is 3. The van der Waals surface area contributed by atoms with Gasteiger partial charge in [0.05, 0.1) is 19.4 Å². The third kappa shape index (κ3) is 4.39. The molecule has 0 fully saturated rings. The molecular formula is C17H26N6O2. The van der Waals surface area contributed by atoms with Gasteiger partial charge < -0.3 is 20.2 Å². The average molecular weight is 346 g/mol. The van der Waals surface area contributed by atoms with Crippen LogP contribution < -0.4 is 10.6 Å². The molecule has 0 aliphatic carbocycles. The SMILES string of the molecule is CCNC(=NCC(O)c1ccco1)NC1CCc2nc(CC)nn2C1. The Labute approximate surface area is 147 Å². The van der Waals surface area contributed by atoms with Crippen LogP contribution in [-0.4, -0.2) is 45.0 Å². The zero-order valence-electron chi connectivity index (χ0n) is 14.8. The molecule has 0 saturated carbocycles. The highest BCUT2D eigenvalue weighted by Crippen LogP contribution is 2.14. The van der Waals surface area contributed by atoms with E-state index in [2.05, 4.69) is 32.6 Å². The highest BCUT2D eigenvalue weighted by molar-refractivity contribution is 5.80. The Hall–Kier alpha value is -2.35. The van der Waals surface area contributed by atoms with Crippen LogP contribution >= 0.6 is 0 Å². The monoisotopic (exact) mass is 346 g/mol. The van der Waals surface area contributed by atoms with Crippen molar-refractivity contribution in [2.45, 2.75) is 51.8 Å². The Balaban J connectivity index is 1.60. The Morgan fingerprint density at radius 3 is 3.12 bits per heavy atom. The number of aliphatic hydroxyl groups is 1. The lowest BCUT2D eigenvalue weighted by atomic mass is 10.1. The fraction of sp³-hybridized carbons (Fsp3) is 0.588. The molecule has 0 bridgehead atoms.